The third kappa shape index (κ3) is 3.92. The van der Waals surface area contributed by atoms with E-state index in [-0.39, 0.29) is 30.2 Å². The number of hydrogen-bond donors (Lipinski definition) is 1. The third-order valence-electron chi connectivity index (χ3n) is 7.17. The molecule has 0 aromatic carbocycles. The summed E-state index contributed by atoms with van der Waals surface area (Å²) in [6.45, 7) is 2.97. The van der Waals surface area contributed by atoms with E-state index in [0.29, 0.717) is 24.8 Å². The summed E-state index contributed by atoms with van der Waals surface area (Å²) in [6.07, 6.45) is 7.70. The van der Waals surface area contributed by atoms with Gasteiger partial charge in [0.05, 0.1) is 32.1 Å². The highest BCUT2D eigenvalue weighted by Crippen LogP contribution is 2.66. The first-order valence-electron chi connectivity index (χ1n) is 10.5. The number of amides is 1. The number of sulfonamides is 1. The molecule has 9 nitrogen and oxygen atoms in total. The molecule has 0 bridgehead atoms. The van der Waals surface area contributed by atoms with Crippen molar-refractivity contribution in [3.63, 3.8) is 0 Å². The molecule has 166 valence electrons. The standard InChI is InChI=1S/C20H30N4O5S/c1-13-15-11-14(5-7-20(13,15)18-21-8-4-9-22-18)29-12-17-16(23-30(3,26)27)6-10-24(17)19(25)28-2/h4,8-9,13-17,23H,5-7,10-12H2,1-3H3/t13?,14-,15?,16-,17-,20+/m0/s1. The van der Waals surface area contributed by atoms with E-state index in [9.17, 15) is 13.2 Å². The zero-order chi connectivity index (χ0) is 21.5. The summed E-state index contributed by atoms with van der Waals surface area (Å²) in [4.78, 5) is 22.7. The Labute approximate surface area is 177 Å². The number of carbonyl (C=O) groups excluding carboxylic acids is 1. The molecule has 2 saturated carbocycles. The third-order valence-corrected chi connectivity index (χ3v) is 7.90. The quantitative estimate of drug-likeness (QED) is 0.713. The minimum absolute atomic E-state index is 0.0624. The summed E-state index contributed by atoms with van der Waals surface area (Å²) in [5.41, 5.74) is 0.0624. The minimum Gasteiger partial charge on any atom is -0.453 e. The number of hydrogen-bond acceptors (Lipinski definition) is 7. The van der Waals surface area contributed by atoms with Crippen LogP contribution in [0.5, 0.6) is 0 Å². The molecule has 2 aliphatic carbocycles. The molecule has 10 heteroatoms. The van der Waals surface area contributed by atoms with Crippen molar-refractivity contribution in [1.29, 1.82) is 0 Å². The van der Waals surface area contributed by atoms with Crippen molar-refractivity contribution >= 4 is 16.1 Å². The van der Waals surface area contributed by atoms with E-state index in [0.717, 1.165) is 31.3 Å². The van der Waals surface area contributed by atoms with Crippen LogP contribution in [0.3, 0.4) is 0 Å². The zero-order valence-electron chi connectivity index (χ0n) is 17.7. The lowest BCUT2D eigenvalue weighted by Crippen LogP contribution is -2.49. The van der Waals surface area contributed by atoms with Crippen LogP contribution in [-0.4, -0.2) is 74.1 Å². The highest BCUT2D eigenvalue weighted by atomic mass is 32.2. The van der Waals surface area contributed by atoms with Gasteiger partial charge < -0.3 is 14.4 Å². The molecule has 1 amide bonds. The first-order chi connectivity index (χ1) is 14.3. The van der Waals surface area contributed by atoms with Crippen molar-refractivity contribution in [3.05, 3.63) is 24.3 Å². The second kappa shape index (κ2) is 8.05. The molecule has 1 aromatic rings. The normalized spacial score (nSPS) is 35.7. The molecule has 6 atom stereocenters. The predicted octanol–water partition coefficient (Wildman–Crippen LogP) is 1.31. The van der Waals surface area contributed by atoms with Crippen molar-refractivity contribution in [2.24, 2.45) is 11.8 Å². The number of rotatable bonds is 6. The van der Waals surface area contributed by atoms with Crippen LogP contribution in [0, 0.1) is 11.8 Å². The molecule has 2 heterocycles. The number of fused-ring (bicyclic) bond motifs is 1. The van der Waals surface area contributed by atoms with E-state index in [2.05, 4.69) is 21.6 Å². The number of likely N-dealkylation sites (tertiary alicyclic amines) is 1. The van der Waals surface area contributed by atoms with Crippen molar-refractivity contribution in [3.8, 4) is 0 Å². The summed E-state index contributed by atoms with van der Waals surface area (Å²) in [5.74, 6) is 1.95. The molecule has 1 aliphatic heterocycles. The molecule has 1 saturated heterocycles. The summed E-state index contributed by atoms with van der Waals surface area (Å²) < 4.78 is 37.2. The highest BCUT2D eigenvalue weighted by Gasteiger charge is 2.66. The van der Waals surface area contributed by atoms with Gasteiger partial charge in [0.1, 0.15) is 5.82 Å². The van der Waals surface area contributed by atoms with Gasteiger partial charge in [-0.2, -0.15) is 0 Å². The number of aromatic nitrogens is 2. The van der Waals surface area contributed by atoms with Crippen LogP contribution in [0.2, 0.25) is 0 Å². The molecular formula is C20H30N4O5S. The smallest absolute Gasteiger partial charge is 0.409 e. The summed E-state index contributed by atoms with van der Waals surface area (Å²) in [6, 6.07) is 1.08. The van der Waals surface area contributed by atoms with Crippen molar-refractivity contribution in [1.82, 2.24) is 19.6 Å². The lowest BCUT2D eigenvalue weighted by molar-refractivity contribution is -0.00715. The first kappa shape index (κ1) is 21.5. The van der Waals surface area contributed by atoms with Gasteiger partial charge in [0.15, 0.2) is 0 Å². The van der Waals surface area contributed by atoms with Crippen LogP contribution in [-0.2, 0) is 24.9 Å². The fourth-order valence-electron chi connectivity index (χ4n) is 5.58. The van der Waals surface area contributed by atoms with Crippen LogP contribution in [0.15, 0.2) is 18.5 Å². The maximum absolute atomic E-state index is 12.1. The molecule has 1 N–H and O–H groups in total. The number of carbonyl (C=O) groups is 1. The van der Waals surface area contributed by atoms with E-state index >= 15 is 0 Å². The second-order valence-corrected chi connectivity index (χ2v) is 10.5. The fourth-order valence-corrected chi connectivity index (χ4v) is 6.40. The van der Waals surface area contributed by atoms with Gasteiger partial charge in [-0.15, -0.1) is 0 Å². The second-order valence-electron chi connectivity index (χ2n) is 8.75. The van der Waals surface area contributed by atoms with Gasteiger partial charge in [-0.3, -0.25) is 0 Å². The Balaban J connectivity index is 1.39. The monoisotopic (exact) mass is 438 g/mol. The van der Waals surface area contributed by atoms with Gasteiger partial charge in [-0.25, -0.2) is 27.9 Å². The van der Waals surface area contributed by atoms with Crippen LogP contribution in [0.25, 0.3) is 0 Å². The number of nitrogens with zero attached hydrogens (tertiary/aromatic N) is 3. The van der Waals surface area contributed by atoms with Crippen LogP contribution < -0.4 is 4.72 Å². The molecule has 1 aromatic heterocycles. The lowest BCUT2D eigenvalue weighted by Gasteiger charge is -2.31. The topological polar surface area (TPSA) is 111 Å². The van der Waals surface area contributed by atoms with E-state index in [1.807, 2.05) is 6.07 Å². The predicted molar refractivity (Wildman–Crippen MR) is 109 cm³/mol. The van der Waals surface area contributed by atoms with Crippen molar-refractivity contribution in [2.45, 2.75) is 56.2 Å². The molecule has 3 aliphatic rings. The van der Waals surface area contributed by atoms with Gasteiger partial charge in [-0.1, -0.05) is 6.92 Å². The highest BCUT2D eigenvalue weighted by molar-refractivity contribution is 7.88. The van der Waals surface area contributed by atoms with Gasteiger partial charge >= 0.3 is 6.09 Å². The van der Waals surface area contributed by atoms with Crippen molar-refractivity contribution in [2.75, 3.05) is 26.5 Å². The van der Waals surface area contributed by atoms with Gasteiger partial charge in [0.2, 0.25) is 10.0 Å². The molecular weight excluding hydrogens is 408 g/mol. The van der Waals surface area contributed by atoms with E-state index in [1.165, 1.54) is 7.11 Å². The molecule has 0 spiro atoms. The molecule has 0 radical (unpaired) electrons. The summed E-state index contributed by atoms with van der Waals surface area (Å²) in [7, 11) is -2.05. The Morgan fingerprint density at radius 1 is 1.33 bits per heavy atom. The number of methoxy groups -OCH3 is 1. The van der Waals surface area contributed by atoms with Gasteiger partial charge in [-0.05, 0) is 43.6 Å². The molecule has 3 fully saturated rings. The number of ether oxygens (including phenoxy) is 2. The van der Waals surface area contributed by atoms with E-state index < -0.39 is 16.1 Å². The number of nitrogens with one attached hydrogen (secondary N) is 1. The SMILES string of the molecule is COC(=O)N1CC[C@H](NS(C)(=O)=O)[C@@H]1CO[C@H]1CC[C@@]2(c3ncccn3)C(C)C2C1. The maximum atomic E-state index is 12.1. The average Bonchev–Trinajstić information content (AvgIpc) is 3.12. The molecule has 30 heavy (non-hydrogen) atoms. The van der Waals surface area contributed by atoms with E-state index in [1.54, 1.807) is 17.3 Å². The van der Waals surface area contributed by atoms with Crippen LogP contribution in [0.1, 0.15) is 38.4 Å². The first-order valence-corrected chi connectivity index (χ1v) is 12.4. The molecule has 4 rings (SSSR count). The van der Waals surface area contributed by atoms with Gasteiger partial charge in [0.25, 0.3) is 0 Å². The summed E-state index contributed by atoms with van der Waals surface area (Å²) >= 11 is 0. The Kier molecular flexibility index (Phi) is 5.75. The molecule has 2 unspecified atom stereocenters. The van der Waals surface area contributed by atoms with E-state index in [4.69, 9.17) is 9.47 Å². The lowest BCUT2D eigenvalue weighted by atomic mass is 9.85. The zero-order valence-corrected chi connectivity index (χ0v) is 18.5. The fraction of sp³-hybridized carbons (Fsp3) is 0.750. The van der Waals surface area contributed by atoms with Crippen LogP contribution >= 0.6 is 0 Å². The Bertz CT molecular complexity index is 882. The summed E-state index contributed by atoms with van der Waals surface area (Å²) in [5, 5.41) is 0. The average molecular weight is 439 g/mol. The maximum Gasteiger partial charge on any atom is 0.409 e. The Morgan fingerprint density at radius 2 is 2.07 bits per heavy atom. The van der Waals surface area contributed by atoms with Crippen LogP contribution in [0.4, 0.5) is 4.79 Å². The minimum atomic E-state index is -3.39. The van der Waals surface area contributed by atoms with Crippen molar-refractivity contribution < 1.29 is 22.7 Å². The largest absolute Gasteiger partial charge is 0.453 e. The Hall–Kier alpha value is -1.78. The van der Waals surface area contributed by atoms with Gasteiger partial charge in [0, 0.05) is 30.4 Å². The Morgan fingerprint density at radius 3 is 2.70 bits per heavy atom.